The van der Waals surface area contributed by atoms with E-state index in [1.165, 1.54) is 39.1 Å². The summed E-state index contributed by atoms with van der Waals surface area (Å²) >= 11 is 0. The summed E-state index contributed by atoms with van der Waals surface area (Å²) in [5, 5.41) is 5.98. The summed E-state index contributed by atoms with van der Waals surface area (Å²) in [7, 11) is -3.73. The highest BCUT2D eigenvalue weighted by Crippen LogP contribution is 2.53. The van der Waals surface area contributed by atoms with Crippen LogP contribution in [-0.2, 0) is 21.4 Å². The molecule has 1 saturated heterocycles. The largest absolute Gasteiger partial charge is 0.324 e. The maximum Gasteiger partial charge on any atom is 0.282 e. The van der Waals surface area contributed by atoms with Crippen LogP contribution in [0.1, 0.15) is 49.3 Å². The number of hydrogen-bond acceptors (Lipinski definition) is 5. The van der Waals surface area contributed by atoms with Gasteiger partial charge in [0.1, 0.15) is 23.3 Å². The molecule has 2 aliphatic rings. The van der Waals surface area contributed by atoms with Gasteiger partial charge in [-0.25, -0.2) is 17.6 Å². The molecule has 5 rings (SSSR count). The number of hydrogen-bond donors (Lipinski definition) is 2. The van der Waals surface area contributed by atoms with Crippen LogP contribution < -0.4 is 10.6 Å². The maximum atomic E-state index is 15.2. The average molecular weight is 634 g/mol. The predicted molar refractivity (Wildman–Crippen MR) is 158 cm³/mol. The summed E-state index contributed by atoms with van der Waals surface area (Å²) < 4.78 is 87.0. The van der Waals surface area contributed by atoms with Crippen molar-refractivity contribution in [2.45, 2.75) is 44.6 Å². The molecule has 2 fully saturated rings. The molecule has 13 heteroatoms. The van der Waals surface area contributed by atoms with E-state index in [4.69, 9.17) is 0 Å². The standard InChI is InChI=1S/C31H35F4N5O3S/c1-3-39(4-2)44(42,43)40-10-9-36-19-31(40)16-22(31)13-27-28(35)17-37-18-29(27)38-30(41)15-26(20-5-7-23(32)8-6-20)21-11-24(33)14-25(34)12-21/h5-8,11-12,14,17-18,22,26,36H,3-4,9-10,13,15-16,19H2,1-2H3,(H,38,41)/t22-,26+,31+/m1/s1. The van der Waals surface area contributed by atoms with Crippen LogP contribution in [0, 0.1) is 29.2 Å². The van der Waals surface area contributed by atoms with Crippen molar-refractivity contribution in [2.24, 2.45) is 5.92 Å². The zero-order valence-electron chi connectivity index (χ0n) is 24.5. The van der Waals surface area contributed by atoms with Crippen molar-refractivity contribution >= 4 is 21.8 Å². The van der Waals surface area contributed by atoms with E-state index < -0.39 is 50.8 Å². The Hall–Kier alpha value is -3.39. The number of rotatable bonds is 11. The fraction of sp³-hybridized carbons (Fsp3) is 0.419. The van der Waals surface area contributed by atoms with E-state index >= 15 is 4.39 Å². The van der Waals surface area contributed by atoms with Gasteiger partial charge in [0, 0.05) is 56.7 Å². The second kappa shape index (κ2) is 12.9. The zero-order chi connectivity index (χ0) is 31.6. The molecule has 3 aromatic rings. The van der Waals surface area contributed by atoms with Gasteiger partial charge in [0.25, 0.3) is 10.2 Å². The average Bonchev–Trinajstić information content (AvgIpc) is 3.65. The van der Waals surface area contributed by atoms with Crippen LogP contribution in [0.5, 0.6) is 0 Å². The minimum absolute atomic E-state index is 0.127. The molecule has 2 heterocycles. The van der Waals surface area contributed by atoms with Gasteiger partial charge in [-0.15, -0.1) is 0 Å². The number of piperazine rings is 1. The third-order valence-electron chi connectivity index (χ3n) is 8.61. The number of pyridine rings is 1. The second-order valence-corrected chi connectivity index (χ2v) is 13.1. The molecular weight excluding hydrogens is 598 g/mol. The van der Waals surface area contributed by atoms with E-state index in [9.17, 15) is 26.4 Å². The van der Waals surface area contributed by atoms with Gasteiger partial charge in [-0.3, -0.25) is 9.78 Å². The number of aromatic nitrogens is 1. The molecule has 1 spiro atoms. The number of nitrogens with zero attached hydrogens (tertiary/aromatic N) is 3. The first-order chi connectivity index (χ1) is 21.0. The van der Waals surface area contributed by atoms with E-state index in [2.05, 4.69) is 15.6 Å². The molecule has 1 amide bonds. The van der Waals surface area contributed by atoms with Crippen molar-refractivity contribution in [1.29, 1.82) is 0 Å². The highest BCUT2D eigenvalue weighted by atomic mass is 32.2. The molecule has 44 heavy (non-hydrogen) atoms. The van der Waals surface area contributed by atoms with Gasteiger partial charge < -0.3 is 10.6 Å². The summed E-state index contributed by atoms with van der Waals surface area (Å²) in [6.07, 6.45) is 2.77. The van der Waals surface area contributed by atoms with Crippen molar-refractivity contribution in [2.75, 3.05) is 38.0 Å². The predicted octanol–water partition coefficient (Wildman–Crippen LogP) is 4.59. The van der Waals surface area contributed by atoms with E-state index in [0.29, 0.717) is 44.7 Å². The third-order valence-corrected chi connectivity index (χ3v) is 10.9. The Labute approximate surface area is 254 Å². The monoisotopic (exact) mass is 633 g/mol. The van der Waals surface area contributed by atoms with Gasteiger partial charge in [0.05, 0.1) is 23.6 Å². The van der Waals surface area contributed by atoms with Gasteiger partial charge in [-0.05, 0) is 54.2 Å². The SMILES string of the molecule is CCN(CC)S(=O)(=O)N1CCNC[C@]12C[C@H]2Cc1c(F)cncc1NC(=O)C[C@@H](c1ccc(F)cc1)c1cc(F)cc(F)c1. The summed E-state index contributed by atoms with van der Waals surface area (Å²) in [6, 6.07) is 8.21. The summed E-state index contributed by atoms with van der Waals surface area (Å²) in [5.41, 5.74) is 0.244. The zero-order valence-corrected chi connectivity index (χ0v) is 25.3. The smallest absolute Gasteiger partial charge is 0.282 e. The third kappa shape index (κ3) is 6.51. The van der Waals surface area contributed by atoms with Crippen molar-refractivity contribution < 1.29 is 30.8 Å². The molecule has 0 radical (unpaired) electrons. The van der Waals surface area contributed by atoms with Crippen LogP contribution in [0.4, 0.5) is 23.2 Å². The second-order valence-electron chi connectivity index (χ2n) is 11.3. The van der Waals surface area contributed by atoms with Crippen molar-refractivity contribution in [1.82, 2.24) is 18.9 Å². The minimum atomic E-state index is -3.73. The van der Waals surface area contributed by atoms with Gasteiger partial charge in [-0.1, -0.05) is 26.0 Å². The van der Waals surface area contributed by atoms with Crippen LogP contribution in [0.15, 0.2) is 54.9 Å². The molecule has 0 unspecified atom stereocenters. The number of carbonyl (C=O) groups excluding carboxylic acids is 1. The van der Waals surface area contributed by atoms with E-state index in [-0.39, 0.29) is 35.6 Å². The highest BCUT2D eigenvalue weighted by Gasteiger charge is 2.62. The first kappa shape index (κ1) is 32.0. The Bertz CT molecular complexity index is 1600. The van der Waals surface area contributed by atoms with Crippen LogP contribution in [0.2, 0.25) is 0 Å². The lowest BCUT2D eigenvalue weighted by molar-refractivity contribution is -0.116. The van der Waals surface area contributed by atoms with Crippen LogP contribution in [0.25, 0.3) is 0 Å². The molecule has 3 atom stereocenters. The van der Waals surface area contributed by atoms with E-state index in [0.717, 1.165) is 24.4 Å². The summed E-state index contributed by atoms with van der Waals surface area (Å²) in [4.78, 5) is 17.3. The van der Waals surface area contributed by atoms with Crippen molar-refractivity contribution in [3.05, 3.63) is 94.8 Å². The van der Waals surface area contributed by atoms with Crippen molar-refractivity contribution in [3.8, 4) is 0 Å². The first-order valence-electron chi connectivity index (χ1n) is 14.6. The molecular formula is C31H35F4N5O3S. The molecule has 236 valence electrons. The molecule has 1 aliphatic heterocycles. The summed E-state index contributed by atoms with van der Waals surface area (Å²) in [5.74, 6) is -4.41. The van der Waals surface area contributed by atoms with Crippen LogP contribution in [0.3, 0.4) is 0 Å². The molecule has 2 aromatic carbocycles. The van der Waals surface area contributed by atoms with Gasteiger partial charge in [-0.2, -0.15) is 17.0 Å². The normalized spacial score (nSPS) is 21.0. The molecule has 0 bridgehead atoms. The molecule has 2 N–H and O–H groups in total. The highest BCUT2D eigenvalue weighted by molar-refractivity contribution is 7.86. The Balaban J connectivity index is 1.38. The van der Waals surface area contributed by atoms with Crippen LogP contribution in [-0.4, -0.2) is 66.2 Å². The minimum Gasteiger partial charge on any atom is -0.324 e. The molecule has 1 aromatic heterocycles. The number of carbonyl (C=O) groups is 1. The lowest BCUT2D eigenvalue weighted by Crippen LogP contribution is -2.59. The lowest BCUT2D eigenvalue weighted by Gasteiger charge is -2.39. The number of halogens is 4. The fourth-order valence-corrected chi connectivity index (χ4v) is 8.29. The van der Waals surface area contributed by atoms with Crippen LogP contribution >= 0.6 is 0 Å². The Kier molecular flexibility index (Phi) is 9.40. The Morgan fingerprint density at radius 1 is 1.05 bits per heavy atom. The topological polar surface area (TPSA) is 94.6 Å². The quantitative estimate of drug-likeness (QED) is 0.302. The van der Waals surface area contributed by atoms with E-state index in [1.54, 1.807) is 13.8 Å². The van der Waals surface area contributed by atoms with Gasteiger partial charge >= 0.3 is 0 Å². The van der Waals surface area contributed by atoms with E-state index in [1.807, 2.05) is 0 Å². The Morgan fingerprint density at radius 2 is 1.73 bits per heavy atom. The number of anilines is 1. The number of benzene rings is 2. The van der Waals surface area contributed by atoms with Crippen molar-refractivity contribution in [3.63, 3.8) is 0 Å². The number of amides is 1. The first-order valence-corrected chi connectivity index (χ1v) is 16.0. The maximum absolute atomic E-state index is 15.2. The lowest BCUT2D eigenvalue weighted by atomic mass is 9.88. The number of nitrogens with one attached hydrogen (secondary N) is 2. The van der Waals surface area contributed by atoms with Gasteiger partial charge in [0.2, 0.25) is 5.91 Å². The Morgan fingerprint density at radius 3 is 2.39 bits per heavy atom. The van der Waals surface area contributed by atoms with Gasteiger partial charge in [0.15, 0.2) is 0 Å². The molecule has 8 nitrogen and oxygen atoms in total. The fourth-order valence-electron chi connectivity index (χ4n) is 6.29. The molecule has 1 saturated carbocycles. The summed E-state index contributed by atoms with van der Waals surface area (Å²) in [6.45, 7) is 5.46. The molecule has 1 aliphatic carbocycles.